The van der Waals surface area contributed by atoms with E-state index in [9.17, 15) is 4.79 Å². The highest BCUT2D eigenvalue weighted by Crippen LogP contribution is 2.25. The number of nitrogens with zero attached hydrogens (tertiary/aromatic N) is 2. The van der Waals surface area contributed by atoms with Crippen LogP contribution in [0, 0.1) is 0 Å². The molecule has 0 radical (unpaired) electrons. The van der Waals surface area contributed by atoms with Gasteiger partial charge in [0, 0.05) is 11.6 Å². The van der Waals surface area contributed by atoms with E-state index in [1.807, 2.05) is 24.3 Å². The van der Waals surface area contributed by atoms with Gasteiger partial charge in [0.15, 0.2) is 0 Å². The predicted octanol–water partition coefficient (Wildman–Crippen LogP) is 3.29. The Morgan fingerprint density at radius 3 is 2.71 bits per heavy atom. The molecule has 24 heavy (non-hydrogen) atoms. The fourth-order valence-corrected chi connectivity index (χ4v) is 3.34. The number of carbonyl (C=O) groups is 1. The number of carbonyl (C=O) groups excluding carboxylic acids is 1. The lowest BCUT2D eigenvalue weighted by Crippen LogP contribution is -2.37. The van der Waals surface area contributed by atoms with Gasteiger partial charge in [0.1, 0.15) is 5.75 Å². The molecule has 0 atom stereocenters. The zero-order chi connectivity index (χ0) is 16.8. The van der Waals surface area contributed by atoms with E-state index in [-0.39, 0.29) is 5.91 Å². The molecule has 0 saturated heterocycles. The summed E-state index contributed by atoms with van der Waals surface area (Å²) in [6, 6.07) is 7.71. The highest BCUT2D eigenvalue weighted by Gasteiger charge is 2.17. The van der Waals surface area contributed by atoms with Crippen molar-refractivity contribution in [2.24, 2.45) is 0 Å². The molecule has 6 nitrogen and oxygen atoms in total. The minimum Gasteiger partial charge on any atom is -0.497 e. The van der Waals surface area contributed by atoms with Crippen LogP contribution in [0.1, 0.15) is 32.1 Å². The lowest BCUT2D eigenvalue weighted by atomic mass is 9.95. The number of ether oxygens (including phenoxy) is 1. The first-order valence-electron chi connectivity index (χ1n) is 8.14. The molecule has 1 saturated carbocycles. The molecule has 1 aliphatic rings. The van der Waals surface area contributed by atoms with Crippen molar-refractivity contribution in [1.29, 1.82) is 0 Å². The second-order valence-corrected chi connectivity index (χ2v) is 6.72. The van der Waals surface area contributed by atoms with Crippen LogP contribution in [0.15, 0.2) is 33.9 Å². The van der Waals surface area contributed by atoms with E-state index in [1.54, 1.807) is 7.11 Å². The van der Waals surface area contributed by atoms with Gasteiger partial charge >= 0.3 is 0 Å². The molecular formula is C17H21N3O3S. The van der Waals surface area contributed by atoms with Crippen molar-refractivity contribution in [2.75, 3.05) is 12.9 Å². The number of rotatable bonds is 6. The Kier molecular flexibility index (Phi) is 5.74. The summed E-state index contributed by atoms with van der Waals surface area (Å²) < 4.78 is 10.7. The first kappa shape index (κ1) is 16.8. The van der Waals surface area contributed by atoms with Gasteiger partial charge < -0.3 is 14.5 Å². The van der Waals surface area contributed by atoms with Gasteiger partial charge in [0.2, 0.25) is 11.8 Å². The van der Waals surface area contributed by atoms with Gasteiger partial charge in [-0.05, 0) is 37.1 Å². The molecule has 1 aliphatic carbocycles. The normalized spacial score (nSPS) is 15.2. The van der Waals surface area contributed by atoms with Gasteiger partial charge in [-0.1, -0.05) is 31.0 Å². The van der Waals surface area contributed by atoms with Gasteiger partial charge in [-0.3, -0.25) is 4.79 Å². The molecule has 0 unspecified atom stereocenters. The van der Waals surface area contributed by atoms with E-state index in [1.165, 1.54) is 31.0 Å². The molecule has 1 N–H and O–H groups in total. The van der Waals surface area contributed by atoms with Crippen molar-refractivity contribution < 1.29 is 13.9 Å². The summed E-state index contributed by atoms with van der Waals surface area (Å²) in [6.45, 7) is 0. The molecule has 0 bridgehead atoms. The number of thioether (sulfide) groups is 1. The number of benzene rings is 1. The summed E-state index contributed by atoms with van der Waals surface area (Å²) >= 11 is 1.26. The van der Waals surface area contributed by atoms with Crippen LogP contribution in [0.25, 0.3) is 11.5 Å². The van der Waals surface area contributed by atoms with Crippen molar-refractivity contribution in [3.05, 3.63) is 24.3 Å². The van der Waals surface area contributed by atoms with Gasteiger partial charge in [-0.15, -0.1) is 10.2 Å². The predicted molar refractivity (Wildman–Crippen MR) is 92.0 cm³/mol. The Hall–Kier alpha value is -2.02. The van der Waals surface area contributed by atoms with Gasteiger partial charge in [-0.25, -0.2) is 0 Å². The number of aromatic nitrogens is 2. The molecule has 0 spiro atoms. The molecule has 1 heterocycles. The van der Waals surface area contributed by atoms with Gasteiger partial charge in [0.05, 0.1) is 12.9 Å². The average Bonchev–Trinajstić information content (AvgIpc) is 3.10. The molecule has 3 rings (SSSR count). The number of hydrogen-bond donors (Lipinski definition) is 1. The number of nitrogens with one attached hydrogen (secondary N) is 1. The van der Waals surface area contributed by atoms with E-state index < -0.39 is 0 Å². The highest BCUT2D eigenvalue weighted by molar-refractivity contribution is 7.99. The monoisotopic (exact) mass is 347 g/mol. The smallest absolute Gasteiger partial charge is 0.277 e. The lowest BCUT2D eigenvalue weighted by Gasteiger charge is -2.22. The second kappa shape index (κ2) is 8.19. The largest absolute Gasteiger partial charge is 0.497 e. The number of amides is 1. The maximum absolute atomic E-state index is 12.0. The van der Waals surface area contributed by atoms with Crippen LogP contribution in [-0.2, 0) is 4.79 Å². The minimum atomic E-state index is 0.0242. The average molecular weight is 347 g/mol. The summed E-state index contributed by atoms with van der Waals surface area (Å²) in [6.07, 6.45) is 5.84. The van der Waals surface area contributed by atoms with Crippen molar-refractivity contribution in [3.8, 4) is 17.2 Å². The third-order valence-electron chi connectivity index (χ3n) is 4.04. The summed E-state index contributed by atoms with van der Waals surface area (Å²) in [5, 5.41) is 11.5. The Morgan fingerprint density at radius 2 is 2.00 bits per heavy atom. The molecule has 128 valence electrons. The lowest BCUT2D eigenvalue weighted by molar-refractivity contribution is -0.119. The molecule has 1 fully saturated rings. The van der Waals surface area contributed by atoms with E-state index in [2.05, 4.69) is 15.5 Å². The van der Waals surface area contributed by atoms with Crippen LogP contribution in [0.2, 0.25) is 0 Å². The van der Waals surface area contributed by atoms with Crippen molar-refractivity contribution in [3.63, 3.8) is 0 Å². The van der Waals surface area contributed by atoms with Crippen LogP contribution >= 0.6 is 11.8 Å². The van der Waals surface area contributed by atoms with E-state index >= 15 is 0 Å². The Morgan fingerprint density at radius 1 is 1.25 bits per heavy atom. The minimum absolute atomic E-state index is 0.0242. The third-order valence-corrected chi connectivity index (χ3v) is 4.86. The molecule has 7 heteroatoms. The maximum Gasteiger partial charge on any atom is 0.277 e. The van der Waals surface area contributed by atoms with Gasteiger partial charge in [0.25, 0.3) is 5.22 Å². The Bertz CT molecular complexity index is 666. The first-order chi connectivity index (χ1) is 11.7. The molecule has 1 aromatic heterocycles. The maximum atomic E-state index is 12.0. The standard InChI is InChI=1S/C17H21N3O3S/c1-22-14-9-7-12(8-10-14)16-19-20-17(23-16)24-11-15(21)18-13-5-3-2-4-6-13/h7-10,13H,2-6,11H2,1H3,(H,18,21). The topological polar surface area (TPSA) is 77.2 Å². The zero-order valence-corrected chi connectivity index (χ0v) is 14.5. The SMILES string of the molecule is COc1ccc(-c2nnc(SCC(=O)NC3CCCCC3)o2)cc1. The second-order valence-electron chi connectivity index (χ2n) is 5.79. The summed E-state index contributed by atoms with van der Waals surface area (Å²) in [7, 11) is 1.62. The molecule has 1 amide bonds. The van der Waals surface area contributed by atoms with Crippen LogP contribution in [0.3, 0.4) is 0 Å². The zero-order valence-electron chi connectivity index (χ0n) is 13.7. The van der Waals surface area contributed by atoms with E-state index in [4.69, 9.17) is 9.15 Å². The fourth-order valence-electron chi connectivity index (χ4n) is 2.76. The van der Waals surface area contributed by atoms with Crippen molar-refractivity contribution in [2.45, 2.75) is 43.4 Å². The number of methoxy groups -OCH3 is 1. The fraction of sp³-hybridized carbons (Fsp3) is 0.471. The van der Waals surface area contributed by atoms with E-state index in [0.717, 1.165) is 24.2 Å². The van der Waals surface area contributed by atoms with Crippen LogP contribution < -0.4 is 10.1 Å². The highest BCUT2D eigenvalue weighted by atomic mass is 32.2. The molecular weight excluding hydrogens is 326 g/mol. The third kappa shape index (κ3) is 4.50. The Balaban J connectivity index is 1.50. The Labute approximate surface area is 145 Å². The summed E-state index contributed by atoms with van der Waals surface area (Å²) in [4.78, 5) is 12.0. The quantitative estimate of drug-likeness (QED) is 0.808. The van der Waals surface area contributed by atoms with Gasteiger partial charge in [-0.2, -0.15) is 0 Å². The summed E-state index contributed by atoms with van der Waals surface area (Å²) in [5.41, 5.74) is 0.821. The van der Waals surface area contributed by atoms with Crippen molar-refractivity contribution >= 4 is 17.7 Å². The van der Waals surface area contributed by atoms with Crippen molar-refractivity contribution in [1.82, 2.24) is 15.5 Å². The van der Waals surface area contributed by atoms with Crippen LogP contribution in [0.4, 0.5) is 0 Å². The molecule has 1 aromatic carbocycles. The summed E-state index contributed by atoms with van der Waals surface area (Å²) in [5.74, 6) is 1.52. The van der Waals surface area contributed by atoms with Crippen LogP contribution in [0.5, 0.6) is 5.75 Å². The molecule has 2 aromatic rings. The first-order valence-corrected chi connectivity index (χ1v) is 9.13. The van der Waals surface area contributed by atoms with E-state index in [0.29, 0.717) is 22.9 Å². The molecule has 0 aliphatic heterocycles. The van der Waals surface area contributed by atoms with Crippen LogP contribution in [-0.4, -0.2) is 35.0 Å². The number of hydrogen-bond acceptors (Lipinski definition) is 6.